The Hall–Kier alpha value is -5.39. The van der Waals surface area contributed by atoms with Crippen molar-refractivity contribution in [2.24, 2.45) is 0 Å². The number of anilines is 1. The normalized spacial score (nSPS) is 14.5. The highest BCUT2D eigenvalue weighted by Gasteiger charge is 2.26. The molecule has 6 rings (SSSR count). The van der Waals surface area contributed by atoms with Crippen molar-refractivity contribution in [1.29, 1.82) is 0 Å². The van der Waals surface area contributed by atoms with Crippen molar-refractivity contribution in [3.63, 3.8) is 0 Å². The predicted molar refractivity (Wildman–Crippen MR) is 157 cm³/mol. The van der Waals surface area contributed by atoms with Gasteiger partial charge in [0.25, 0.3) is 5.91 Å². The van der Waals surface area contributed by atoms with Crippen LogP contribution in [0.15, 0.2) is 65.6 Å². The lowest BCUT2D eigenvalue weighted by Gasteiger charge is -2.25. The van der Waals surface area contributed by atoms with Crippen molar-refractivity contribution < 1.29 is 33.8 Å². The predicted octanol–water partition coefficient (Wildman–Crippen LogP) is 4.73. The molecule has 12 nitrogen and oxygen atoms in total. The maximum absolute atomic E-state index is 13.3. The van der Waals surface area contributed by atoms with Crippen LogP contribution in [0.5, 0.6) is 0 Å². The van der Waals surface area contributed by atoms with Crippen LogP contribution in [-0.4, -0.2) is 54.5 Å². The number of amides is 2. The van der Waals surface area contributed by atoms with Crippen LogP contribution in [-0.2, 0) is 20.8 Å². The lowest BCUT2D eigenvalue weighted by atomic mass is 9.95. The first-order valence-electron chi connectivity index (χ1n) is 14.0. The number of carbonyl (C=O) groups excluding carboxylic acids is 2. The van der Waals surface area contributed by atoms with E-state index < -0.39 is 29.8 Å². The smallest absolute Gasteiger partial charge is 0.394 e. The van der Waals surface area contributed by atoms with Gasteiger partial charge in [0.1, 0.15) is 18.1 Å². The van der Waals surface area contributed by atoms with E-state index in [1.165, 1.54) is 12.5 Å². The number of aromatic nitrogens is 3. The molecule has 1 atom stereocenters. The molecule has 0 bridgehead atoms. The highest BCUT2D eigenvalue weighted by Crippen LogP contribution is 2.36. The van der Waals surface area contributed by atoms with E-state index in [0.717, 1.165) is 42.6 Å². The summed E-state index contributed by atoms with van der Waals surface area (Å²) < 4.78 is 7.55. The minimum absolute atomic E-state index is 0.0550. The Bertz CT molecular complexity index is 1850. The van der Waals surface area contributed by atoms with Crippen molar-refractivity contribution in [3.8, 4) is 11.4 Å². The van der Waals surface area contributed by atoms with Crippen LogP contribution < -0.4 is 10.6 Å². The van der Waals surface area contributed by atoms with Crippen molar-refractivity contribution in [1.82, 2.24) is 19.9 Å². The third kappa shape index (κ3) is 5.59. The number of fused-ring (bicyclic) bond motifs is 2. The van der Waals surface area contributed by atoms with Gasteiger partial charge in [-0.15, -0.1) is 0 Å². The standard InChI is InChI=1S/C31H29N5O7/c37-28(35-25(30(39)40)13-19-15-32-23-8-7-20(14-22(19)23)33-29(38)31(41)42)17-6-9-26-24(12-17)34-27(18-10-11-43-16-18)36(26)21-4-2-1-3-5-21/h6-12,14-16,21,25,32H,1-5,13H2,(H,33,38)(H,35,37)(H,39,40)(H,41,42). The zero-order valence-corrected chi connectivity index (χ0v) is 23.0. The molecule has 1 aliphatic rings. The van der Waals surface area contributed by atoms with Crippen LogP contribution in [0.3, 0.4) is 0 Å². The number of nitrogens with one attached hydrogen (secondary N) is 3. The summed E-state index contributed by atoms with van der Waals surface area (Å²) in [4.78, 5) is 55.9. The molecule has 0 spiro atoms. The van der Waals surface area contributed by atoms with E-state index in [1.807, 2.05) is 12.1 Å². The monoisotopic (exact) mass is 583 g/mol. The molecule has 5 aromatic rings. The van der Waals surface area contributed by atoms with Gasteiger partial charge in [0.15, 0.2) is 0 Å². The average molecular weight is 584 g/mol. The van der Waals surface area contributed by atoms with Gasteiger partial charge < -0.3 is 34.8 Å². The topological polar surface area (TPSA) is 180 Å². The second kappa shape index (κ2) is 11.5. The number of hydrogen-bond donors (Lipinski definition) is 5. The van der Waals surface area contributed by atoms with Crippen molar-refractivity contribution >= 4 is 51.4 Å². The van der Waals surface area contributed by atoms with Crippen LogP contribution >= 0.6 is 0 Å². The number of hydrogen-bond acceptors (Lipinski definition) is 6. The third-order valence-corrected chi connectivity index (χ3v) is 7.92. The number of H-pyrrole nitrogens is 1. The second-order valence-corrected chi connectivity index (χ2v) is 10.7. The maximum Gasteiger partial charge on any atom is 0.394 e. The van der Waals surface area contributed by atoms with E-state index >= 15 is 0 Å². The molecule has 1 aliphatic carbocycles. The van der Waals surface area contributed by atoms with E-state index in [4.69, 9.17) is 14.5 Å². The number of aliphatic carboxylic acids is 2. The molecule has 220 valence electrons. The number of aromatic amines is 1. The van der Waals surface area contributed by atoms with Gasteiger partial charge in [-0.2, -0.15) is 0 Å². The molecule has 1 saturated carbocycles. The molecule has 1 unspecified atom stereocenters. The summed E-state index contributed by atoms with van der Waals surface area (Å²) in [7, 11) is 0. The Kier molecular flexibility index (Phi) is 7.41. The molecular formula is C31H29N5O7. The zero-order chi connectivity index (χ0) is 30.1. The SMILES string of the molecule is O=C(O)C(=O)Nc1ccc2[nH]cc(CC(NC(=O)c3ccc4c(c3)nc(-c3ccoc3)n4C3CCCCC3)C(=O)O)c2c1. The van der Waals surface area contributed by atoms with Crippen molar-refractivity contribution in [2.75, 3.05) is 5.32 Å². The number of nitrogens with zero attached hydrogens (tertiary/aromatic N) is 2. The van der Waals surface area contributed by atoms with Gasteiger partial charge >= 0.3 is 17.8 Å². The van der Waals surface area contributed by atoms with Gasteiger partial charge in [-0.1, -0.05) is 19.3 Å². The summed E-state index contributed by atoms with van der Waals surface area (Å²) >= 11 is 0. The summed E-state index contributed by atoms with van der Waals surface area (Å²) in [5.74, 6) is -3.82. The first-order valence-corrected chi connectivity index (χ1v) is 14.0. The van der Waals surface area contributed by atoms with Crippen LogP contribution in [0.25, 0.3) is 33.3 Å². The number of carboxylic acid groups (broad SMARTS) is 2. The Morgan fingerprint density at radius 2 is 1.86 bits per heavy atom. The molecule has 0 saturated heterocycles. The number of carboxylic acids is 2. The largest absolute Gasteiger partial charge is 0.480 e. The number of furan rings is 1. The summed E-state index contributed by atoms with van der Waals surface area (Å²) in [6, 6.07) is 10.8. The molecule has 2 amide bonds. The number of imidazole rings is 1. The summed E-state index contributed by atoms with van der Waals surface area (Å²) in [5, 5.41) is 24.3. The zero-order valence-electron chi connectivity index (χ0n) is 23.0. The lowest BCUT2D eigenvalue weighted by Crippen LogP contribution is -2.42. The Morgan fingerprint density at radius 3 is 2.58 bits per heavy atom. The average Bonchev–Trinajstić information content (AvgIpc) is 3.75. The van der Waals surface area contributed by atoms with Crippen LogP contribution in [0.1, 0.15) is 54.1 Å². The Morgan fingerprint density at radius 1 is 1.05 bits per heavy atom. The molecule has 1 fully saturated rings. The minimum atomic E-state index is -1.63. The molecule has 43 heavy (non-hydrogen) atoms. The van der Waals surface area contributed by atoms with Crippen LogP contribution in [0.2, 0.25) is 0 Å². The highest BCUT2D eigenvalue weighted by molar-refractivity contribution is 6.36. The highest BCUT2D eigenvalue weighted by atomic mass is 16.4. The molecule has 0 radical (unpaired) electrons. The first-order chi connectivity index (χ1) is 20.8. The molecule has 0 aliphatic heterocycles. The Labute approximate surface area is 244 Å². The number of rotatable bonds is 8. The maximum atomic E-state index is 13.3. The quantitative estimate of drug-likeness (QED) is 0.163. The summed E-state index contributed by atoms with van der Waals surface area (Å²) in [5.41, 5.74) is 4.14. The molecule has 2 aromatic carbocycles. The van der Waals surface area contributed by atoms with E-state index in [0.29, 0.717) is 22.0 Å². The van der Waals surface area contributed by atoms with Gasteiger partial charge in [0.2, 0.25) is 0 Å². The molecule has 5 N–H and O–H groups in total. The number of benzene rings is 2. The van der Waals surface area contributed by atoms with Crippen molar-refractivity contribution in [2.45, 2.75) is 50.6 Å². The molecule has 12 heteroatoms. The third-order valence-electron chi connectivity index (χ3n) is 7.92. The fraction of sp³-hybridized carbons (Fsp3) is 0.258. The minimum Gasteiger partial charge on any atom is -0.480 e. The lowest BCUT2D eigenvalue weighted by molar-refractivity contribution is -0.147. The van der Waals surface area contributed by atoms with E-state index in [2.05, 4.69) is 20.2 Å². The van der Waals surface area contributed by atoms with Gasteiger partial charge in [-0.05, 0) is 60.9 Å². The van der Waals surface area contributed by atoms with Gasteiger partial charge in [-0.3, -0.25) is 9.59 Å². The van der Waals surface area contributed by atoms with E-state index in [-0.39, 0.29) is 23.7 Å². The fourth-order valence-corrected chi connectivity index (χ4v) is 5.82. The first kappa shape index (κ1) is 27.8. The van der Waals surface area contributed by atoms with Crippen LogP contribution in [0, 0.1) is 0 Å². The van der Waals surface area contributed by atoms with Crippen LogP contribution in [0.4, 0.5) is 5.69 Å². The van der Waals surface area contributed by atoms with E-state index in [1.54, 1.807) is 43.0 Å². The molecule has 3 aromatic heterocycles. The Balaban J connectivity index is 1.25. The van der Waals surface area contributed by atoms with Gasteiger partial charge in [0, 0.05) is 40.8 Å². The second-order valence-electron chi connectivity index (χ2n) is 10.7. The summed E-state index contributed by atoms with van der Waals surface area (Å²) in [6.45, 7) is 0. The molecular weight excluding hydrogens is 554 g/mol. The van der Waals surface area contributed by atoms with Gasteiger partial charge in [-0.25, -0.2) is 14.6 Å². The molecule has 3 heterocycles. The van der Waals surface area contributed by atoms with Crippen molar-refractivity contribution in [3.05, 3.63) is 72.3 Å². The summed E-state index contributed by atoms with van der Waals surface area (Å²) in [6.07, 6.45) is 10.4. The number of carbonyl (C=O) groups is 4. The fourth-order valence-electron chi connectivity index (χ4n) is 5.82. The van der Waals surface area contributed by atoms with Gasteiger partial charge in [0.05, 0.1) is 22.9 Å². The van der Waals surface area contributed by atoms with E-state index in [9.17, 15) is 24.3 Å².